The van der Waals surface area contributed by atoms with Crippen LogP contribution in [0.15, 0.2) is 24.9 Å². The van der Waals surface area contributed by atoms with E-state index in [1.165, 1.54) is 0 Å². The zero-order valence-corrected chi connectivity index (χ0v) is 5.79. The van der Waals surface area contributed by atoms with E-state index in [0.29, 0.717) is 11.4 Å². The molecule has 0 unspecified atom stereocenters. The molecule has 0 atom stereocenters. The fourth-order valence-electron chi connectivity index (χ4n) is 1.05. The van der Waals surface area contributed by atoms with Gasteiger partial charge in [0.25, 0.3) is 5.91 Å². The molecule has 1 aliphatic rings. The molecular formula is C8H6N2O. The molecule has 1 aliphatic heterocycles. The molecule has 1 aromatic heterocycles. The van der Waals surface area contributed by atoms with Crippen LogP contribution in [0, 0.1) is 0 Å². The Labute approximate surface area is 63.8 Å². The second kappa shape index (κ2) is 1.92. The normalized spacial score (nSPS) is 14.5. The highest BCUT2D eigenvalue weighted by Gasteiger charge is 2.21. The van der Waals surface area contributed by atoms with Gasteiger partial charge in [-0.3, -0.25) is 4.79 Å². The Morgan fingerprint density at radius 3 is 3.09 bits per heavy atom. The van der Waals surface area contributed by atoms with Crippen molar-refractivity contribution in [2.24, 2.45) is 0 Å². The van der Waals surface area contributed by atoms with E-state index in [1.807, 2.05) is 6.07 Å². The number of hydrogen-bond donors (Lipinski definition) is 1. The van der Waals surface area contributed by atoms with Crippen molar-refractivity contribution in [1.29, 1.82) is 0 Å². The summed E-state index contributed by atoms with van der Waals surface area (Å²) < 4.78 is 0. The zero-order valence-electron chi connectivity index (χ0n) is 5.79. The fourth-order valence-corrected chi connectivity index (χ4v) is 1.05. The Kier molecular flexibility index (Phi) is 1.06. The van der Waals surface area contributed by atoms with Crippen LogP contribution in [0.5, 0.6) is 0 Å². The molecular weight excluding hydrogens is 140 g/mol. The Bertz CT molecular complexity index is 344. The molecule has 0 aromatic carbocycles. The molecule has 1 amide bonds. The van der Waals surface area contributed by atoms with E-state index in [-0.39, 0.29) is 5.91 Å². The number of hydrogen-bond acceptors (Lipinski definition) is 2. The van der Waals surface area contributed by atoms with Gasteiger partial charge in [0.15, 0.2) is 0 Å². The molecule has 0 fully saturated rings. The second-order valence-electron chi connectivity index (χ2n) is 2.33. The third-order valence-corrected chi connectivity index (χ3v) is 1.64. The average Bonchev–Trinajstić information content (AvgIpc) is 2.30. The lowest BCUT2D eigenvalue weighted by atomic mass is 10.1. The summed E-state index contributed by atoms with van der Waals surface area (Å²) >= 11 is 0. The van der Waals surface area contributed by atoms with Crippen LogP contribution in [-0.2, 0) is 4.79 Å². The molecule has 0 spiro atoms. The van der Waals surface area contributed by atoms with E-state index in [9.17, 15) is 4.79 Å². The van der Waals surface area contributed by atoms with Crippen LogP contribution in [0.2, 0.25) is 0 Å². The molecule has 11 heavy (non-hydrogen) atoms. The van der Waals surface area contributed by atoms with Gasteiger partial charge < -0.3 is 5.32 Å². The number of carbonyl (C=O) groups is 1. The SMILES string of the molecule is C=C1C(=O)Nc2ncccc21. The van der Waals surface area contributed by atoms with E-state index < -0.39 is 0 Å². The quantitative estimate of drug-likeness (QED) is 0.556. The van der Waals surface area contributed by atoms with Crippen LogP contribution in [0.1, 0.15) is 5.56 Å². The zero-order chi connectivity index (χ0) is 7.84. The lowest BCUT2D eigenvalue weighted by molar-refractivity contribution is -0.110. The summed E-state index contributed by atoms with van der Waals surface area (Å²) in [6.07, 6.45) is 1.64. The van der Waals surface area contributed by atoms with Crippen molar-refractivity contribution in [3.05, 3.63) is 30.5 Å². The smallest absolute Gasteiger partial charge is 0.256 e. The molecule has 1 aromatic rings. The van der Waals surface area contributed by atoms with Crippen molar-refractivity contribution >= 4 is 17.3 Å². The summed E-state index contributed by atoms with van der Waals surface area (Å²) in [4.78, 5) is 14.9. The van der Waals surface area contributed by atoms with Crippen molar-refractivity contribution in [3.8, 4) is 0 Å². The first-order chi connectivity index (χ1) is 5.29. The van der Waals surface area contributed by atoms with Crippen LogP contribution in [0.25, 0.3) is 5.57 Å². The maximum absolute atomic E-state index is 11.0. The van der Waals surface area contributed by atoms with E-state index in [0.717, 1.165) is 5.56 Å². The average molecular weight is 146 g/mol. The van der Waals surface area contributed by atoms with E-state index >= 15 is 0 Å². The van der Waals surface area contributed by atoms with Crippen LogP contribution < -0.4 is 5.32 Å². The highest BCUT2D eigenvalue weighted by molar-refractivity contribution is 6.30. The summed E-state index contributed by atoms with van der Waals surface area (Å²) in [6.45, 7) is 3.62. The minimum atomic E-state index is -0.154. The molecule has 54 valence electrons. The molecule has 3 heteroatoms. The van der Waals surface area contributed by atoms with Gasteiger partial charge in [0.2, 0.25) is 0 Å². The van der Waals surface area contributed by atoms with Crippen molar-refractivity contribution < 1.29 is 4.79 Å². The third-order valence-electron chi connectivity index (χ3n) is 1.64. The number of pyridine rings is 1. The first-order valence-corrected chi connectivity index (χ1v) is 3.24. The Balaban J connectivity index is 2.64. The van der Waals surface area contributed by atoms with E-state index in [4.69, 9.17) is 0 Å². The highest BCUT2D eigenvalue weighted by atomic mass is 16.2. The highest BCUT2D eigenvalue weighted by Crippen LogP contribution is 2.27. The maximum Gasteiger partial charge on any atom is 0.256 e. The van der Waals surface area contributed by atoms with Crippen molar-refractivity contribution in [1.82, 2.24) is 4.98 Å². The summed E-state index contributed by atoms with van der Waals surface area (Å²) in [7, 11) is 0. The predicted octanol–water partition coefficient (Wildman–Crippen LogP) is 1.05. The number of fused-ring (bicyclic) bond motifs is 1. The standard InChI is InChI=1S/C8H6N2O/c1-5-6-3-2-4-9-7(6)10-8(5)11/h2-4H,1H2,(H,9,10,11). The first kappa shape index (κ1) is 6.09. The van der Waals surface area contributed by atoms with Crippen LogP contribution in [0.3, 0.4) is 0 Å². The predicted molar refractivity (Wildman–Crippen MR) is 41.9 cm³/mol. The molecule has 1 N–H and O–H groups in total. The van der Waals surface area contributed by atoms with Gasteiger partial charge in [-0.2, -0.15) is 0 Å². The summed E-state index contributed by atoms with van der Waals surface area (Å²) in [5.74, 6) is 0.459. The van der Waals surface area contributed by atoms with Gasteiger partial charge in [-0.25, -0.2) is 4.98 Å². The first-order valence-electron chi connectivity index (χ1n) is 3.24. The lowest BCUT2D eigenvalue weighted by Gasteiger charge is -1.91. The van der Waals surface area contributed by atoms with Gasteiger partial charge in [-0.1, -0.05) is 6.58 Å². The molecule has 0 saturated heterocycles. The topological polar surface area (TPSA) is 42.0 Å². The van der Waals surface area contributed by atoms with Gasteiger partial charge in [0, 0.05) is 17.3 Å². The molecule has 2 rings (SSSR count). The Morgan fingerprint density at radius 2 is 2.36 bits per heavy atom. The largest absolute Gasteiger partial charge is 0.306 e. The maximum atomic E-state index is 11.0. The van der Waals surface area contributed by atoms with Gasteiger partial charge in [-0.15, -0.1) is 0 Å². The summed E-state index contributed by atoms with van der Waals surface area (Å²) in [5.41, 5.74) is 1.30. The number of rotatable bonds is 0. The number of carbonyl (C=O) groups excluding carboxylic acids is 1. The molecule has 0 aliphatic carbocycles. The van der Waals surface area contributed by atoms with Crippen molar-refractivity contribution in [2.75, 3.05) is 5.32 Å². The molecule has 0 saturated carbocycles. The van der Waals surface area contributed by atoms with E-state index in [2.05, 4.69) is 16.9 Å². The number of aromatic nitrogens is 1. The lowest BCUT2D eigenvalue weighted by Crippen LogP contribution is -2.03. The van der Waals surface area contributed by atoms with Gasteiger partial charge in [0.1, 0.15) is 5.82 Å². The minimum absolute atomic E-state index is 0.154. The second-order valence-corrected chi connectivity index (χ2v) is 2.33. The van der Waals surface area contributed by atoms with Crippen LogP contribution in [0.4, 0.5) is 5.82 Å². The molecule has 0 bridgehead atoms. The van der Waals surface area contributed by atoms with Crippen molar-refractivity contribution in [3.63, 3.8) is 0 Å². The summed E-state index contributed by atoms with van der Waals surface area (Å²) in [5, 5.41) is 2.60. The van der Waals surface area contributed by atoms with E-state index in [1.54, 1.807) is 12.3 Å². The minimum Gasteiger partial charge on any atom is -0.306 e. The third kappa shape index (κ3) is 0.741. The Hall–Kier alpha value is -1.64. The van der Waals surface area contributed by atoms with Gasteiger partial charge in [0.05, 0.1) is 0 Å². The number of amides is 1. The summed E-state index contributed by atoms with van der Waals surface area (Å²) in [6, 6.07) is 3.60. The number of nitrogens with zero attached hydrogens (tertiary/aromatic N) is 1. The molecule has 2 heterocycles. The number of nitrogens with one attached hydrogen (secondary N) is 1. The van der Waals surface area contributed by atoms with Crippen LogP contribution in [-0.4, -0.2) is 10.9 Å². The van der Waals surface area contributed by atoms with Gasteiger partial charge in [-0.05, 0) is 12.1 Å². The Morgan fingerprint density at radius 1 is 1.55 bits per heavy atom. The molecule has 0 radical (unpaired) electrons. The van der Waals surface area contributed by atoms with Gasteiger partial charge >= 0.3 is 0 Å². The number of anilines is 1. The monoisotopic (exact) mass is 146 g/mol. The fraction of sp³-hybridized carbons (Fsp3) is 0. The van der Waals surface area contributed by atoms with Crippen molar-refractivity contribution in [2.45, 2.75) is 0 Å². The molecule has 3 nitrogen and oxygen atoms in total. The van der Waals surface area contributed by atoms with Crippen LogP contribution >= 0.6 is 0 Å².